The van der Waals surface area contributed by atoms with Crippen LogP contribution in [0, 0.1) is 6.92 Å². The Morgan fingerprint density at radius 3 is 3.06 bits per heavy atom. The van der Waals surface area contributed by atoms with Gasteiger partial charge in [0.2, 0.25) is 0 Å². The Hall–Kier alpha value is -1.97. The third kappa shape index (κ3) is 1.13. The standard InChI is InChI=1S/C12H12N4/c1-3-9-4-6-11-10(8(9)2)5-7-12-13-14-15-16(11)12/h3-4,6H,1,5,7H2,2H3. The highest BCUT2D eigenvalue weighted by Crippen LogP contribution is 2.27. The van der Waals surface area contributed by atoms with Gasteiger partial charge >= 0.3 is 0 Å². The van der Waals surface area contributed by atoms with Crippen LogP contribution in [0.4, 0.5) is 0 Å². The summed E-state index contributed by atoms with van der Waals surface area (Å²) in [5.74, 6) is 0.943. The number of aromatic nitrogens is 4. The van der Waals surface area contributed by atoms with Crippen LogP contribution in [-0.4, -0.2) is 20.2 Å². The third-order valence-corrected chi connectivity index (χ3v) is 3.20. The summed E-state index contributed by atoms with van der Waals surface area (Å²) in [5.41, 5.74) is 4.91. The van der Waals surface area contributed by atoms with E-state index in [1.54, 1.807) is 0 Å². The zero-order chi connectivity index (χ0) is 11.1. The van der Waals surface area contributed by atoms with Gasteiger partial charge in [-0.25, -0.2) is 0 Å². The van der Waals surface area contributed by atoms with Crippen LogP contribution in [-0.2, 0) is 12.8 Å². The maximum Gasteiger partial charge on any atom is 0.157 e. The Kier molecular flexibility index (Phi) is 1.89. The fraction of sp³-hybridized carbons (Fsp3) is 0.250. The van der Waals surface area contributed by atoms with E-state index in [9.17, 15) is 0 Å². The van der Waals surface area contributed by atoms with Gasteiger partial charge in [0.05, 0.1) is 5.69 Å². The minimum Gasteiger partial charge on any atom is -0.197 e. The van der Waals surface area contributed by atoms with Crippen molar-refractivity contribution in [3.8, 4) is 5.69 Å². The fourth-order valence-corrected chi connectivity index (χ4v) is 2.28. The van der Waals surface area contributed by atoms with E-state index in [0.29, 0.717) is 0 Å². The number of aryl methyl sites for hydroxylation is 1. The van der Waals surface area contributed by atoms with Crippen molar-refractivity contribution in [2.45, 2.75) is 19.8 Å². The largest absolute Gasteiger partial charge is 0.197 e. The van der Waals surface area contributed by atoms with E-state index < -0.39 is 0 Å². The van der Waals surface area contributed by atoms with Crippen molar-refractivity contribution in [3.63, 3.8) is 0 Å². The first-order valence-corrected chi connectivity index (χ1v) is 5.34. The van der Waals surface area contributed by atoms with Gasteiger partial charge in [-0.05, 0) is 46.5 Å². The zero-order valence-electron chi connectivity index (χ0n) is 9.14. The molecule has 0 fully saturated rings. The van der Waals surface area contributed by atoms with Gasteiger partial charge in [-0.1, -0.05) is 18.7 Å². The molecule has 0 bridgehead atoms. The van der Waals surface area contributed by atoms with Crippen molar-refractivity contribution in [2.75, 3.05) is 0 Å². The van der Waals surface area contributed by atoms with Crippen LogP contribution in [0.25, 0.3) is 11.8 Å². The van der Waals surface area contributed by atoms with Gasteiger partial charge in [0, 0.05) is 6.42 Å². The highest BCUT2D eigenvalue weighted by atomic mass is 15.5. The first-order chi connectivity index (χ1) is 7.81. The predicted molar refractivity (Wildman–Crippen MR) is 61.4 cm³/mol. The number of hydrogen-bond donors (Lipinski definition) is 0. The first kappa shape index (κ1) is 9.27. The van der Waals surface area contributed by atoms with Crippen LogP contribution >= 0.6 is 0 Å². The molecule has 80 valence electrons. The predicted octanol–water partition coefficient (Wildman–Crippen LogP) is 1.71. The van der Waals surface area contributed by atoms with Crippen molar-refractivity contribution in [2.24, 2.45) is 0 Å². The lowest BCUT2D eigenvalue weighted by Crippen LogP contribution is -2.15. The smallest absolute Gasteiger partial charge is 0.157 e. The normalized spacial score (nSPS) is 13.1. The number of nitrogens with zero attached hydrogens (tertiary/aromatic N) is 4. The molecule has 4 nitrogen and oxygen atoms in total. The quantitative estimate of drug-likeness (QED) is 0.722. The molecule has 3 rings (SSSR count). The molecule has 0 atom stereocenters. The topological polar surface area (TPSA) is 43.6 Å². The number of tetrazole rings is 1. The molecule has 0 saturated carbocycles. The van der Waals surface area contributed by atoms with Crippen LogP contribution < -0.4 is 0 Å². The van der Waals surface area contributed by atoms with Crippen molar-refractivity contribution < 1.29 is 0 Å². The van der Waals surface area contributed by atoms with Crippen molar-refractivity contribution in [1.82, 2.24) is 20.2 Å². The highest BCUT2D eigenvalue weighted by molar-refractivity contribution is 5.60. The molecule has 0 N–H and O–H groups in total. The van der Waals surface area contributed by atoms with Gasteiger partial charge < -0.3 is 0 Å². The summed E-state index contributed by atoms with van der Waals surface area (Å²) >= 11 is 0. The molecule has 1 aliphatic heterocycles. The molecule has 1 aromatic heterocycles. The zero-order valence-corrected chi connectivity index (χ0v) is 9.14. The molecular weight excluding hydrogens is 200 g/mol. The minimum atomic E-state index is 0.904. The molecular formula is C12H12N4. The first-order valence-electron chi connectivity index (χ1n) is 5.34. The van der Waals surface area contributed by atoms with Gasteiger partial charge in [0.1, 0.15) is 0 Å². The van der Waals surface area contributed by atoms with Crippen LogP contribution in [0.2, 0.25) is 0 Å². The molecule has 16 heavy (non-hydrogen) atoms. The second kappa shape index (κ2) is 3.27. The third-order valence-electron chi connectivity index (χ3n) is 3.20. The van der Waals surface area contributed by atoms with Gasteiger partial charge in [-0.2, -0.15) is 4.68 Å². The monoisotopic (exact) mass is 212 g/mol. The molecule has 0 amide bonds. The summed E-state index contributed by atoms with van der Waals surface area (Å²) in [4.78, 5) is 0. The van der Waals surface area contributed by atoms with Gasteiger partial charge in [0.25, 0.3) is 0 Å². The lowest BCUT2D eigenvalue weighted by Gasteiger charge is -2.19. The van der Waals surface area contributed by atoms with Gasteiger partial charge in [0.15, 0.2) is 5.82 Å². The van der Waals surface area contributed by atoms with Crippen molar-refractivity contribution in [3.05, 3.63) is 41.2 Å². The lowest BCUT2D eigenvalue weighted by atomic mass is 9.94. The van der Waals surface area contributed by atoms with E-state index in [4.69, 9.17) is 0 Å². The van der Waals surface area contributed by atoms with E-state index in [1.807, 2.05) is 10.8 Å². The van der Waals surface area contributed by atoms with E-state index >= 15 is 0 Å². The molecule has 0 saturated heterocycles. The van der Waals surface area contributed by atoms with Crippen LogP contribution in [0.1, 0.15) is 22.5 Å². The lowest BCUT2D eigenvalue weighted by molar-refractivity contribution is 0.708. The summed E-state index contributed by atoms with van der Waals surface area (Å²) in [7, 11) is 0. The molecule has 2 aromatic rings. The van der Waals surface area contributed by atoms with E-state index in [-0.39, 0.29) is 0 Å². The second-order valence-corrected chi connectivity index (χ2v) is 3.99. The number of rotatable bonds is 1. The summed E-state index contributed by atoms with van der Waals surface area (Å²) in [5, 5.41) is 11.8. The Morgan fingerprint density at radius 2 is 2.25 bits per heavy atom. The van der Waals surface area contributed by atoms with Crippen molar-refractivity contribution >= 4 is 6.08 Å². The highest BCUT2D eigenvalue weighted by Gasteiger charge is 2.20. The average Bonchev–Trinajstić information content (AvgIpc) is 2.77. The fourth-order valence-electron chi connectivity index (χ4n) is 2.28. The minimum absolute atomic E-state index is 0.904. The van der Waals surface area contributed by atoms with E-state index in [1.165, 1.54) is 16.7 Å². The average molecular weight is 212 g/mol. The molecule has 0 aliphatic carbocycles. The molecule has 4 heteroatoms. The van der Waals surface area contributed by atoms with Crippen LogP contribution in [0.5, 0.6) is 0 Å². The maximum atomic E-state index is 4.02. The molecule has 2 heterocycles. The summed E-state index contributed by atoms with van der Waals surface area (Å²) in [6.45, 7) is 5.96. The Labute approximate surface area is 93.6 Å². The summed E-state index contributed by atoms with van der Waals surface area (Å²) in [6.07, 6.45) is 3.80. The van der Waals surface area contributed by atoms with E-state index in [2.05, 4.69) is 41.2 Å². The van der Waals surface area contributed by atoms with Crippen LogP contribution in [0.15, 0.2) is 18.7 Å². The molecule has 0 radical (unpaired) electrons. The molecule has 0 unspecified atom stereocenters. The van der Waals surface area contributed by atoms with E-state index in [0.717, 1.165) is 24.4 Å². The van der Waals surface area contributed by atoms with Crippen LogP contribution in [0.3, 0.4) is 0 Å². The molecule has 1 aromatic carbocycles. The summed E-state index contributed by atoms with van der Waals surface area (Å²) in [6, 6.07) is 4.14. The second-order valence-electron chi connectivity index (χ2n) is 3.99. The molecule has 1 aliphatic rings. The Bertz CT molecular complexity index is 568. The Balaban J connectivity index is 2.28. The molecule has 0 spiro atoms. The number of benzene rings is 1. The number of hydrogen-bond acceptors (Lipinski definition) is 3. The maximum absolute atomic E-state index is 4.02. The number of fused-ring (bicyclic) bond motifs is 3. The summed E-state index contributed by atoms with van der Waals surface area (Å²) < 4.78 is 1.83. The SMILES string of the molecule is C=Cc1ccc2c(c1C)CCc1nnnn1-2. The van der Waals surface area contributed by atoms with Crippen molar-refractivity contribution in [1.29, 1.82) is 0 Å². The van der Waals surface area contributed by atoms with Gasteiger partial charge in [-0.3, -0.25) is 0 Å². The Morgan fingerprint density at radius 1 is 1.38 bits per heavy atom. The van der Waals surface area contributed by atoms with Gasteiger partial charge in [-0.15, -0.1) is 5.10 Å².